The van der Waals surface area contributed by atoms with Crippen molar-refractivity contribution in [2.24, 2.45) is 5.92 Å². The van der Waals surface area contributed by atoms with E-state index in [1.807, 2.05) is 14.1 Å². The van der Waals surface area contributed by atoms with Crippen molar-refractivity contribution < 1.29 is 9.72 Å². The van der Waals surface area contributed by atoms with E-state index in [9.17, 15) is 14.9 Å². The number of nitro groups is 1. The van der Waals surface area contributed by atoms with Crippen LogP contribution >= 0.6 is 0 Å². The Morgan fingerprint density at radius 3 is 2.48 bits per heavy atom. The van der Waals surface area contributed by atoms with Gasteiger partial charge in [0.15, 0.2) is 0 Å². The van der Waals surface area contributed by atoms with Crippen molar-refractivity contribution in [2.45, 2.75) is 32.7 Å². The van der Waals surface area contributed by atoms with Crippen LogP contribution < -0.4 is 10.6 Å². The fourth-order valence-electron chi connectivity index (χ4n) is 2.67. The van der Waals surface area contributed by atoms with Gasteiger partial charge >= 0.3 is 6.03 Å². The van der Waals surface area contributed by atoms with Crippen LogP contribution in [0, 0.1) is 16.0 Å². The first-order valence-corrected chi connectivity index (χ1v) is 7.84. The van der Waals surface area contributed by atoms with Gasteiger partial charge in [-0.15, -0.1) is 0 Å². The minimum absolute atomic E-state index is 0.0500. The normalized spacial score (nSPS) is 12.3. The largest absolute Gasteiger partial charge is 0.336 e. The van der Waals surface area contributed by atoms with Gasteiger partial charge in [-0.3, -0.25) is 10.1 Å². The second-order valence-corrected chi connectivity index (χ2v) is 5.75. The Hall–Kier alpha value is -2.15. The summed E-state index contributed by atoms with van der Waals surface area (Å²) in [7, 11) is 4.01. The summed E-state index contributed by atoms with van der Waals surface area (Å²) >= 11 is 0. The van der Waals surface area contributed by atoms with E-state index in [-0.39, 0.29) is 17.8 Å². The SMILES string of the molecule is CCC(CC)[C@@H](CNC(=O)Nc1cccc([N+](=O)[O-])c1)N(C)C. The lowest BCUT2D eigenvalue weighted by Crippen LogP contribution is -2.45. The molecule has 0 spiro atoms. The van der Waals surface area contributed by atoms with Gasteiger partial charge in [0.1, 0.15) is 0 Å². The summed E-state index contributed by atoms with van der Waals surface area (Å²) in [5, 5.41) is 16.2. The molecule has 0 aliphatic carbocycles. The number of benzene rings is 1. The molecule has 2 N–H and O–H groups in total. The molecule has 7 heteroatoms. The molecule has 0 aromatic heterocycles. The van der Waals surface area contributed by atoms with E-state index >= 15 is 0 Å². The molecular formula is C16H26N4O3. The minimum Gasteiger partial charge on any atom is -0.336 e. The van der Waals surface area contributed by atoms with E-state index in [1.54, 1.807) is 12.1 Å². The van der Waals surface area contributed by atoms with Crippen molar-refractivity contribution in [3.8, 4) is 0 Å². The van der Waals surface area contributed by atoms with Crippen molar-refractivity contribution in [1.82, 2.24) is 10.2 Å². The van der Waals surface area contributed by atoms with Gasteiger partial charge in [0.05, 0.1) is 4.92 Å². The lowest BCUT2D eigenvalue weighted by molar-refractivity contribution is -0.384. The Morgan fingerprint density at radius 1 is 1.30 bits per heavy atom. The Morgan fingerprint density at radius 2 is 1.96 bits per heavy atom. The first-order chi connectivity index (χ1) is 10.9. The molecular weight excluding hydrogens is 296 g/mol. The van der Waals surface area contributed by atoms with Gasteiger partial charge in [-0.1, -0.05) is 32.8 Å². The number of hydrogen-bond donors (Lipinski definition) is 2. The number of non-ortho nitro benzene ring substituents is 1. The maximum Gasteiger partial charge on any atom is 0.319 e. The molecule has 0 fully saturated rings. The lowest BCUT2D eigenvalue weighted by Gasteiger charge is -2.31. The number of likely N-dealkylation sites (N-methyl/N-ethyl adjacent to an activating group) is 1. The Labute approximate surface area is 137 Å². The fraction of sp³-hybridized carbons (Fsp3) is 0.562. The number of amides is 2. The number of rotatable bonds is 8. The van der Waals surface area contributed by atoms with E-state index in [0.29, 0.717) is 18.2 Å². The number of carbonyl (C=O) groups is 1. The van der Waals surface area contributed by atoms with E-state index in [1.165, 1.54) is 12.1 Å². The second kappa shape index (κ2) is 9.09. The van der Waals surface area contributed by atoms with Crippen LogP contribution in [0.2, 0.25) is 0 Å². The highest BCUT2D eigenvalue weighted by molar-refractivity contribution is 5.89. The van der Waals surface area contributed by atoms with E-state index in [0.717, 1.165) is 12.8 Å². The molecule has 7 nitrogen and oxygen atoms in total. The molecule has 0 saturated heterocycles. The van der Waals surface area contributed by atoms with Gasteiger partial charge in [0.25, 0.3) is 5.69 Å². The average Bonchev–Trinajstić information content (AvgIpc) is 2.51. The molecule has 1 atom stereocenters. The molecule has 0 saturated carbocycles. The summed E-state index contributed by atoms with van der Waals surface area (Å²) in [6.45, 7) is 4.82. The van der Waals surface area contributed by atoms with Crippen molar-refractivity contribution in [3.05, 3.63) is 34.4 Å². The van der Waals surface area contributed by atoms with Crippen LogP contribution in [0.25, 0.3) is 0 Å². The van der Waals surface area contributed by atoms with Gasteiger partial charge in [0.2, 0.25) is 0 Å². The Bertz CT molecular complexity index is 530. The van der Waals surface area contributed by atoms with Crippen LogP contribution in [-0.4, -0.2) is 42.5 Å². The third-order valence-corrected chi connectivity index (χ3v) is 4.04. The van der Waals surface area contributed by atoms with Crippen LogP contribution in [0.1, 0.15) is 26.7 Å². The van der Waals surface area contributed by atoms with Crippen molar-refractivity contribution >= 4 is 17.4 Å². The van der Waals surface area contributed by atoms with Gasteiger partial charge in [0, 0.05) is 30.4 Å². The first-order valence-electron chi connectivity index (χ1n) is 7.84. The van der Waals surface area contributed by atoms with Crippen molar-refractivity contribution in [2.75, 3.05) is 26.0 Å². The van der Waals surface area contributed by atoms with E-state index < -0.39 is 4.92 Å². The third-order valence-electron chi connectivity index (χ3n) is 4.04. The van der Waals surface area contributed by atoms with Gasteiger partial charge in [-0.25, -0.2) is 4.79 Å². The zero-order valence-electron chi connectivity index (χ0n) is 14.2. The van der Waals surface area contributed by atoms with E-state index in [4.69, 9.17) is 0 Å². The van der Waals surface area contributed by atoms with Crippen LogP contribution in [0.3, 0.4) is 0 Å². The first kappa shape index (κ1) is 18.9. The predicted molar refractivity (Wildman–Crippen MR) is 91.7 cm³/mol. The smallest absolute Gasteiger partial charge is 0.319 e. The number of anilines is 1. The number of nitrogens with zero attached hydrogens (tertiary/aromatic N) is 2. The second-order valence-electron chi connectivity index (χ2n) is 5.75. The van der Waals surface area contributed by atoms with Gasteiger partial charge < -0.3 is 15.5 Å². The summed E-state index contributed by atoms with van der Waals surface area (Å²) in [4.78, 5) is 24.4. The summed E-state index contributed by atoms with van der Waals surface area (Å²) < 4.78 is 0. The van der Waals surface area contributed by atoms with E-state index in [2.05, 4.69) is 29.4 Å². The number of nitro benzene ring substituents is 1. The molecule has 1 aromatic rings. The molecule has 0 aliphatic rings. The Balaban J connectivity index is 2.62. The molecule has 23 heavy (non-hydrogen) atoms. The highest BCUT2D eigenvalue weighted by Gasteiger charge is 2.21. The molecule has 1 aromatic carbocycles. The number of urea groups is 1. The third kappa shape index (κ3) is 5.86. The average molecular weight is 322 g/mol. The summed E-state index contributed by atoms with van der Waals surface area (Å²) in [6.07, 6.45) is 2.10. The molecule has 0 unspecified atom stereocenters. The highest BCUT2D eigenvalue weighted by atomic mass is 16.6. The predicted octanol–water partition coefficient (Wildman–Crippen LogP) is 3.08. The molecule has 0 bridgehead atoms. The quantitative estimate of drug-likeness (QED) is 0.569. The summed E-state index contributed by atoms with van der Waals surface area (Å²) in [5.41, 5.74) is 0.353. The maximum absolute atomic E-state index is 12.0. The van der Waals surface area contributed by atoms with Crippen LogP contribution in [0.4, 0.5) is 16.2 Å². The monoisotopic (exact) mass is 322 g/mol. The lowest BCUT2D eigenvalue weighted by atomic mass is 9.93. The maximum atomic E-state index is 12.0. The number of carbonyl (C=O) groups excluding carboxylic acids is 1. The molecule has 1 rings (SSSR count). The molecule has 2 amide bonds. The van der Waals surface area contributed by atoms with Crippen LogP contribution in [-0.2, 0) is 0 Å². The summed E-state index contributed by atoms with van der Waals surface area (Å²) in [5.74, 6) is 0.503. The van der Waals surface area contributed by atoms with Crippen LogP contribution in [0.15, 0.2) is 24.3 Å². The van der Waals surface area contributed by atoms with Crippen LogP contribution in [0.5, 0.6) is 0 Å². The van der Waals surface area contributed by atoms with Gasteiger partial charge in [-0.2, -0.15) is 0 Å². The standard InChI is InChI=1S/C16H26N4O3/c1-5-12(6-2)15(19(3)4)11-17-16(21)18-13-8-7-9-14(10-13)20(22)23/h7-10,12,15H,5-6,11H2,1-4H3,(H2,17,18,21)/t15-/m1/s1. The molecule has 128 valence electrons. The topological polar surface area (TPSA) is 87.5 Å². The number of nitrogens with one attached hydrogen (secondary N) is 2. The summed E-state index contributed by atoms with van der Waals surface area (Å²) in [6, 6.07) is 5.78. The minimum atomic E-state index is -0.488. The van der Waals surface area contributed by atoms with Crippen molar-refractivity contribution in [3.63, 3.8) is 0 Å². The zero-order chi connectivity index (χ0) is 17.4. The molecule has 0 aliphatic heterocycles. The van der Waals surface area contributed by atoms with Gasteiger partial charge in [-0.05, 0) is 26.1 Å². The zero-order valence-corrected chi connectivity index (χ0v) is 14.2. The number of hydrogen-bond acceptors (Lipinski definition) is 4. The fourth-order valence-corrected chi connectivity index (χ4v) is 2.67. The molecule has 0 heterocycles. The molecule has 0 radical (unpaired) electrons. The highest BCUT2D eigenvalue weighted by Crippen LogP contribution is 2.18. The Kier molecular flexibility index (Phi) is 7.47. The van der Waals surface area contributed by atoms with Crippen molar-refractivity contribution in [1.29, 1.82) is 0 Å².